The quantitative estimate of drug-likeness (QED) is 0.880. The van der Waals surface area contributed by atoms with Gasteiger partial charge < -0.3 is 24.2 Å². The number of hydrogen-bond acceptors (Lipinski definition) is 6. The van der Waals surface area contributed by atoms with Crippen LogP contribution in [0.25, 0.3) is 11.3 Å². The molecule has 1 aromatic heterocycles. The molecule has 2 aliphatic rings. The number of carbonyl (C=O) groups excluding carboxylic acids is 2. The summed E-state index contributed by atoms with van der Waals surface area (Å²) < 4.78 is 16.3. The Bertz CT molecular complexity index is 889. The van der Waals surface area contributed by atoms with Crippen molar-refractivity contribution in [1.82, 2.24) is 15.4 Å². The Morgan fingerprint density at radius 1 is 1.26 bits per heavy atom. The fourth-order valence-corrected chi connectivity index (χ4v) is 3.17. The van der Waals surface area contributed by atoms with Crippen molar-refractivity contribution < 1.29 is 23.6 Å². The van der Waals surface area contributed by atoms with Crippen LogP contribution in [0.1, 0.15) is 25.2 Å². The number of benzene rings is 1. The summed E-state index contributed by atoms with van der Waals surface area (Å²) in [5, 5.41) is 6.88. The van der Waals surface area contributed by atoms with Gasteiger partial charge in [-0.25, -0.2) is 0 Å². The Hall–Kier alpha value is -3.03. The average molecular weight is 371 g/mol. The van der Waals surface area contributed by atoms with E-state index in [2.05, 4.69) is 10.5 Å². The summed E-state index contributed by atoms with van der Waals surface area (Å²) in [6, 6.07) is 5.60. The Labute approximate surface area is 156 Å². The third-order valence-electron chi connectivity index (χ3n) is 4.76. The van der Waals surface area contributed by atoms with Crippen molar-refractivity contribution in [3.05, 3.63) is 29.5 Å². The van der Waals surface area contributed by atoms with Gasteiger partial charge in [-0.1, -0.05) is 19.0 Å². The largest absolute Gasteiger partial charge is 0.454 e. The van der Waals surface area contributed by atoms with Crippen LogP contribution in [-0.2, 0) is 22.6 Å². The Morgan fingerprint density at radius 2 is 2.07 bits per heavy atom. The van der Waals surface area contributed by atoms with E-state index in [1.165, 1.54) is 0 Å². The molecule has 0 spiro atoms. The first kappa shape index (κ1) is 17.4. The molecular formula is C19H21N3O5. The lowest BCUT2D eigenvalue weighted by Crippen LogP contribution is -2.43. The van der Waals surface area contributed by atoms with Crippen LogP contribution in [-0.4, -0.2) is 41.8 Å². The van der Waals surface area contributed by atoms with Gasteiger partial charge in [-0.3, -0.25) is 9.59 Å². The Kier molecular flexibility index (Phi) is 4.47. The van der Waals surface area contributed by atoms with Crippen molar-refractivity contribution in [3.63, 3.8) is 0 Å². The molecule has 27 heavy (non-hydrogen) atoms. The van der Waals surface area contributed by atoms with Gasteiger partial charge in [0.2, 0.25) is 18.6 Å². The average Bonchev–Trinajstić information content (AvgIpc) is 3.30. The number of ether oxygens (including phenoxy) is 2. The third kappa shape index (κ3) is 3.34. The van der Waals surface area contributed by atoms with Crippen molar-refractivity contribution in [3.8, 4) is 22.8 Å². The highest BCUT2D eigenvalue weighted by molar-refractivity contribution is 5.85. The summed E-state index contributed by atoms with van der Waals surface area (Å²) in [5.74, 6) is 1.76. The van der Waals surface area contributed by atoms with Crippen LogP contribution in [0.5, 0.6) is 11.5 Å². The molecule has 0 radical (unpaired) electrons. The standard InChI is InChI=1S/C19H21N3O5/c1-11(2)19(24)20-8-17(23)22-6-5-14-13(9-22)18(21-27-14)12-3-4-15-16(7-12)26-10-25-15/h3-4,7,11H,5-6,8-10H2,1-2H3,(H,20,24). The number of rotatable bonds is 4. The van der Waals surface area contributed by atoms with Crippen LogP contribution >= 0.6 is 0 Å². The van der Waals surface area contributed by atoms with Crippen molar-refractivity contribution in [2.75, 3.05) is 19.9 Å². The maximum Gasteiger partial charge on any atom is 0.242 e. The molecular weight excluding hydrogens is 350 g/mol. The number of amides is 2. The maximum absolute atomic E-state index is 12.5. The number of aromatic nitrogens is 1. The van der Waals surface area contributed by atoms with E-state index in [4.69, 9.17) is 14.0 Å². The van der Waals surface area contributed by atoms with Crippen LogP contribution in [0.3, 0.4) is 0 Å². The molecule has 0 saturated carbocycles. The van der Waals surface area contributed by atoms with Gasteiger partial charge in [0, 0.05) is 30.0 Å². The summed E-state index contributed by atoms with van der Waals surface area (Å²) in [6.07, 6.45) is 0.594. The van der Waals surface area contributed by atoms with Gasteiger partial charge in [0.15, 0.2) is 11.5 Å². The number of fused-ring (bicyclic) bond motifs is 2. The van der Waals surface area contributed by atoms with Crippen molar-refractivity contribution >= 4 is 11.8 Å². The highest BCUT2D eigenvalue weighted by Gasteiger charge is 2.28. The summed E-state index contributed by atoms with van der Waals surface area (Å²) >= 11 is 0. The molecule has 3 heterocycles. The van der Waals surface area contributed by atoms with Gasteiger partial charge in [0.1, 0.15) is 11.5 Å². The zero-order valence-corrected chi connectivity index (χ0v) is 15.3. The Balaban J connectivity index is 1.50. The Morgan fingerprint density at radius 3 is 2.89 bits per heavy atom. The summed E-state index contributed by atoms with van der Waals surface area (Å²) in [5.41, 5.74) is 2.45. The number of hydrogen-bond donors (Lipinski definition) is 1. The van der Waals surface area contributed by atoms with E-state index < -0.39 is 0 Å². The molecule has 0 bridgehead atoms. The van der Waals surface area contributed by atoms with Crippen molar-refractivity contribution in [1.29, 1.82) is 0 Å². The zero-order chi connectivity index (χ0) is 19.0. The van der Waals surface area contributed by atoms with Gasteiger partial charge in [-0.2, -0.15) is 0 Å². The lowest BCUT2D eigenvalue weighted by atomic mass is 10.0. The third-order valence-corrected chi connectivity index (χ3v) is 4.76. The van der Waals surface area contributed by atoms with E-state index in [0.29, 0.717) is 36.7 Å². The van der Waals surface area contributed by atoms with Crippen LogP contribution in [0, 0.1) is 5.92 Å². The zero-order valence-electron chi connectivity index (χ0n) is 15.3. The molecule has 8 nitrogen and oxygen atoms in total. The minimum absolute atomic E-state index is 0.00299. The number of nitrogens with zero attached hydrogens (tertiary/aromatic N) is 2. The number of nitrogens with one attached hydrogen (secondary N) is 1. The molecule has 4 rings (SSSR count). The molecule has 142 valence electrons. The van der Waals surface area contributed by atoms with E-state index in [0.717, 1.165) is 16.9 Å². The predicted molar refractivity (Wildman–Crippen MR) is 95.0 cm³/mol. The van der Waals surface area contributed by atoms with Gasteiger partial charge >= 0.3 is 0 Å². The smallest absolute Gasteiger partial charge is 0.242 e. The second-order valence-corrected chi connectivity index (χ2v) is 6.94. The van der Waals surface area contributed by atoms with E-state index in [1.54, 1.807) is 18.7 Å². The van der Waals surface area contributed by atoms with Crippen molar-refractivity contribution in [2.45, 2.75) is 26.8 Å². The molecule has 0 fully saturated rings. The minimum atomic E-state index is -0.151. The second-order valence-electron chi connectivity index (χ2n) is 6.94. The lowest BCUT2D eigenvalue weighted by Gasteiger charge is -2.26. The molecule has 0 unspecified atom stereocenters. The molecule has 1 aromatic carbocycles. The van der Waals surface area contributed by atoms with Crippen LogP contribution < -0.4 is 14.8 Å². The molecule has 2 aliphatic heterocycles. The molecule has 0 aliphatic carbocycles. The maximum atomic E-state index is 12.5. The van der Waals surface area contributed by atoms with Crippen LogP contribution in [0.15, 0.2) is 22.7 Å². The second kappa shape index (κ2) is 6.94. The highest BCUT2D eigenvalue weighted by atomic mass is 16.7. The predicted octanol–water partition coefficient (Wildman–Crippen LogP) is 1.73. The van der Waals surface area contributed by atoms with Crippen LogP contribution in [0.4, 0.5) is 0 Å². The summed E-state index contributed by atoms with van der Waals surface area (Å²) in [6.45, 7) is 4.73. The van der Waals surface area contributed by atoms with E-state index in [1.807, 2.05) is 18.2 Å². The molecule has 0 saturated heterocycles. The lowest BCUT2D eigenvalue weighted by molar-refractivity contribution is -0.134. The molecule has 8 heteroatoms. The number of carbonyl (C=O) groups is 2. The summed E-state index contributed by atoms with van der Waals surface area (Å²) in [7, 11) is 0. The van der Waals surface area contributed by atoms with Gasteiger partial charge in [-0.05, 0) is 18.2 Å². The first-order valence-electron chi connectivity index (χ1n) is 8.96. The SMILES string of the molecule is CC(C)C(=O)NCC(=O)N1CCc2onc(-c3ccc4c(c3)OCO4)c2C1. The van der Waals surface area contributed by atoms with E-state index in [9.17, 15) is 9.59 Å². The highest BCUT2D eigenvalue weighted by Crippen LogP contribution is 2.38. The van der Waals surface area contributed by atoms with Crippen molar-refractivity contribution in [2.24, 2.45) is 5.92 Å². The monoisotopic (exact) mass is 371 g/mol. The molecule has 1 N–H and O–H groups in total. The molecule has 2 amide bonds. The summed E-state index contributed by atoms with van der Waals surface area (Å²) in [4.78, 5) is 25.9. The van der Waals surface area contributed by atoms with E-state index in [-0.39, 0.29) is 31.1 Å². The van der Waals surface area contributed by atoms with Gasteiger partial charge in [-0.15, -0.1) is 0 Å². The van der Waals surface area contributed by atoms with Gasteiger partial charge in [0.05, 0.1) is 13.1 Å². The first-order chi connectivity index (χ1) is 13.0. The molecule has 0 atom stereocenters. The van der Waals surface area contributed by atoms with Gasteiger partial charge in [0.25, 0.3) is 0 Å². The van der Waals surface area contributed by atoms with E-state index >= 15 is 0 Å². The molecule has 2 aromatic rings. The fourth-order valence-electron chi connectivity index (χ4n) is 3.17. The fraction of sp³-hybridized carbons (Fsp3) is 0.421. The normalized spacial score (nSPS) is 15.0. The first-order valence-corrected chi connectivity index (χ1v) is 8.96. The minimum Gasteiger partial charge on any atom is -0.454 e. The topological polar surface area (TPSA) is 93.9 Å². The van der Waals surface area contributed by atoms with Crippen LogP contribution in [0.2, 0.25) is 0 Å².